The summed E-state index contributed by atoms with van der Waals surface area (Å²) in [6.45, 7) is 1.64. The standard InChI is InChI=1S/C6H13NO3S/c1-3-5(8)4(7)2-6(9,11)10-3/h3-5,8-9,11H,2,7H2,1H3/t3-,4+,5-,6?/m0/s1. The zero-order valence-corrected chi connectivity index (χ0v) is 7.16. The van der Waals surface area contributed by atoms with Crippen molar-refractivity contribution in [2.24, 2.45) is 5.73 Å². The summed E-state index contributed by atoms with van der Waals surface area (Å²) in [5.41, 5.74) is 5.51. The van der Waals surface area contributed by atoms with Crippen LogP contribution in [-0.4, -0.2) is 33.6 Å². The number of ether oxygens (including phenoxy) is 1. The Bertz CT molecular complexity index is 139. The number of thiol groups is 1. The Balaban J connectivity index is 2.62. The molecule has 0 aromatic rings. The fourth-order valence-electron chi connectivity index (χ4n) is 1.19. The van der Waals surface area contributed by atoms with Crippen molar-refractivity contribution >= 4 is 12.6 Å². The molecule has 0 aliphatic carbocycles. The van der Waals surface area contributed by atoms with Crippen molar-refractivity contribution in [2.75, 3.05) is 0 Å². The maximum absolute atomic E-state index is 9.28. The van der Waals surface area contributed by atoms with Gasteiger partial charge in [-0.3, -0.25) is 0 Å². The van der Waals surface area contributed by atoms with Gasteiger partial charge in [-0.25, -0.2) is 0 Å². The Morgan fingerprint density at radius 2 is 2.27 bits per heavy atom. The monoisotopic (exact) mass is 179 g/mol. The van der Waals surface area contributed by atoms with Gasteiger partial charge in [0.15, 0.2) is 0 Å². The van der Waals surface area contributed by atoms with E-state index in [1.54, 1.807) is 6.92 Å². The molecule has 1 rings (SSSR count). The van der Waals surface area contributed by atoms with Crippen LogP contribution in [0, 0.1) is 0 Å². The van der Waals surface area contributed by atoms with Crippen molar-refractivity contribution in [1.29, 1.82) is 0 Å². The highest BCUT2D eigenvalue weighted by Gasteiger charge is 2.39. The van der Waals surface area contributed by atoms with Gasteiger partial charge >= 0.3 is 0 Å². The van der Waals surface area contributed by atoms with Crippen LogP contribution in [0.3, 0.4) is 0 Å². The van der Waals surface area contributed by atoms with Gasteiger partial charge in [-0.05, 0) is 6.92 Å². The molecule has 0 aromatic carbocycles. The van der Waals surface area contributed by atoms with E-state index >= 15 is 0 Å². The van der Waals surface area contributed by atoms with Gasteiger partial charge in [0.05, 0.1) is 12.2 Å². The third kappa shape index (κ3) is 2.07. The second kappa shape index (κ2) is 2.91. The fraction of sp³-hybridized carbons (Fsp3) is 1.00. The maximum Gasteiger partial charge on any atom is 0.214 e. The molecule has 1 heterocycles. The predicted molar refractivity (Wildman–Crippen MR) is 43.1 cm³/mol. The molecular formula is C6H13NO3S. The maximum atomic E-state index is 9.28. The van der Waals surface area contributed by atoms with E-state index in [1.165, 1.54) is 0 Å². The number of rotatable bonds is 0. The summed E-state index contributed by atoms with van der Waals surface area (Å²) >= 11 is 3.82. The van der Waals surface area contributed by atoms with E-state index in [1.807, 2.05) is 0 Å². The fourth-order valence-corrected chi connectivity index (χ4v) is 1.57. The van der Waals surface area contributed by atoms with Gasteiger partial charge in [-0.2, -0.15) is 0 Å². The highest BCUT2D eigenvalue weighted by Crippen LogP contribution is 2.28. The molecule has 0 amide bonds. The molecule has 66 valence electrons. The first-order valence-electron chi connectivity index (χ1n) is 3.48. The molecule has 0 spiro atoms. The molecule has 0 aromatic heterocycles. The molecule has 4 atom stereocenters. The van der Waals surface area contributed by atoms with Crippen LogP contribution in [0.4, 0.5) is 0 Å². The van der Waals surface area contributed by atoms with Gasteiger partial charge in [0.25, 0.3) is 0 Å². The van der Waals surface area contributed by atoms with Gasteiger partial charge in [0, 0.05) is 12.5 Å². The molecule has 4 nitrogen and oxygen atoms in total. The van der Waals surface area contributed by atoms with Crippen molar-refractivity contribution in [1.82, 2.24) is 0 Å². The van der Waals surface area contributed by atoms with Crippen LogP contribution in [-0.2, 0) is 4.74 Å². The largest absolute Gasteiger partial charge is 0.389 e. The van der Waals surface area contributed by atoms with Gasteiger partial charge < -0.3 is 20.7 Å². The highest BCUT2D eigenvalue weighted by molar-refractivity contribution is 7.81. The minimum atomic E-state index is -1.49. The number of aliphatic hydroxyl groups excluding tert-OH is 1. The van der Waals surface area contributed by atoms with Crippen LogP contribution in [0.25, 0.3) is 0 Å². The smallest absolute Gasteiger partial charge is 0.214 e. The average Bonchev–Trinajstić information content (AvgIpc) is 1.81. The lowest BCUT2D eigenvalue weighted by Gasteiger charge is -2.38. The first-order valence-corrected chi connectivity index (χ1v) is 3.93. The predicted octanol–water partition coefficient (Wildman–Crippen LogP) is -0.941. The Morgan fingerprint density at radius 3 is 2.73 bits per heavy atom. The van der Waals surface area contributed by atoms with Gasteiger partial charge in [0.1, 0.15) is 0 Å². The lowest BCUT2D eigenvalue weighted by Crippen LogP contribution is -2.54. The Hall–Kier alpha value is 0.190. The molecule has 0 radical (unpaired) electrons. The van der Waals surface area contributed by atoms with Gasteiger partial charge in [-0.15, -0.1) is 12.6 Å². The molecule has 0 saturated carbocycles. The molecule has 1 unspecified atom stereocenters. The van der Waals surface area contributed by atoms with Crippen molar-refractivity contribution in [2.45, 2.75) is 36.7 Å². The summed E-state index contributed by atoms with van der Waals surface area (Å²) in [7, 11) is 0. The minimum absolute atomic E-state index is 0.140. The molecule has 5 heteroatoms. The summed E-state index contributed by atoms with van der Waals surface area (Å²) in [4.78, 5) is 0. The van der Waals surface area contributed by atoms with Crippen molar-refractivity contribution in [3.8, 4) is 0 Å². The zero-order valence-electron chi connectivity index (χ0n) is 6.27. The summed E-state index contributed by atoms with van der Waals surface area (Å²) in [5.74, 6) is 0. The Morgan fingerprint density at radius 1 is 1.73 bits per heavy atom. The molecule has 1 aliphatic heterocycles. The van der Waals surface area contributed by atoms with E-state index in [9.17, 15) is 10.2 Å². The normalized spacial score (nSPS) is 52.6. The molecule has 11 heavy (non-hydrogen) atoms. The zero-order chi connectivity index (χ0) is 8.65. The van der Waals surface area contributed by atoms with Crippen LogP contribution in [0.15, 0.2) is 0 Å². The second-order valence-electron chi connectivity index (χ2n) is 2.92. The lowest BCUT2D eigenvalue weighted by molar-refractivity contribution is -0.220. The SMILES string of the molecule is C[C@@H]1OC(O)(S)C[C@@H](N)[C@H]1O. The number of aliphatic hydroxyl groups is 2. The Kier molecular flexibility index (Phi) is 2.46. The van der Waals surface area contributed by atoms with Crippen molar-refractivity contribution in [3.05, 3.63) is 0 Å². The molecule has 1 saturated heterocycles. The van der Waals surface area contributed by atoms with Gasteiger partial charge in [-0.1, -0.05) is 0 Å². The number of nitrogens with two attached hydrogens (primary N) is 1. The van der Waals surface area contributed by atoms with E-state index in [2.05, 4.69) is 12.6 Å². The molecule has 0 bridgehead atoms. The third-order valence-electron chi connectivity index (χ3n) is 1.80. The molecule has 4 N–H and O–H groups in total. The number of hydrogen-bond donors (Lipinski definition) is 4. The molecule has 1 aliphatic rings. The van der Waals surface area contributed by atoms with Crippen LogP contribution in [0.5, 0.6) is 0 Å². The minimum Gasteiger partial charge on any atom is -0.389 e. The van der Waals surface area contributed by atoms with E-state index in [0.717, 1.165) is 0 Å². The average molecular weight is 179 g/mol. The van der Waals surface area contributed by atoms with E-state index in [4.69, 9.17) is 10.5 Å². The van der Waals surface area contributed by atoms with Crippen molar-refractivity contribution in [3.63, 3.8) is 0 Å². The summed E-state index contributed by atoms with van der Waals surface area (Å²) in [6, 6.07) is -0.471. The lowest BCUT2D eigenvalue weighted by atomic mass is 10.0. The Labute approximate surface area is 70.8 Å². The van der Waals surface area contributed by atoms with E-state index < -0.39 is 23.4 Å². The van der Waals surface area contributed by atoms with Gasteiger partial charge in [0.2, 0.25) is 5.12 Å². The first kappa shape index (κ1) is 9.28. The second-order valence-corrected chi connectivity index (χ2v) is 3.62. The molecule has 1 fully saturated rings. The number of hydrogen-bond acceptors (Lipinski definition) is 5. The summed E-state index contributed by atoms with van der Waals surface area (Å²) in [6.07, 6.45) is -1.05. The van der Waals surface area contributed by atoms with Crippen LogP contribution in [0.2, 0.25) is 0 Å². The quantitative estimate of drug-likeness (QED) is 0.286. The van der Waals surface area contributed by atoms with Crippen LogP contribution < -0.4 is 5.73 Å². The van der Waals surface area contributed by atoms with E-state index in [-0.39, 0.29) is 6.42 Å². The topological polar surface area (TPSA) is 75.7 Å². The highest BCUT2D eigenvalue weighted by atomic mass is 32.1. The van der Waals surface area contributed by atoms with Crippen LogP contribution in [0.1, 0.15) is 13.3 Å². The van der Waals surface area contributed by atoms with Crippen molar-refractivity contribution < 1.29 is 14.9 Å². The summed E-state index contributed by atoms with van der Waals surface area (Å²) in [5, 5.41) is 17.1. The van der Waals surface area contributed by atoms with E-state index in [0.29, 0.717) is 0 Å². The first-order chi connectivity index (χ1) is 4.92. The molecular weight excluding hydrogens is 166 g/mol. The van der Waals surface area contributed by atoms with Crippen LogP contribution >= 0.6 is 12.6 Å². The summed E-state index contributed by atoms with van der Waals surface area (Å²) < 4.78 is 4.95. The third-order valence-corrected chi connectivity index (χ3v) is 2.08.